The van der Waals surface area contributed by atoms with E-state index in [-0.39, 0.29) is 12.1 Å². The van der Waals surface area contributed by atoms with E-state index in [2.05, 4.69) is 60.8 Å². The Morgan fingerprint density at radius 1 is 0.955 bits per heavy atom. The highest BCUT2D eigenvalue weighted by Gasteiger charge is 2.15. The minimum atomic E-state index is -0.383. The molecule has 0 aromatic heterocycles. The van der Waals surface area contributed by atoms with Gasteiger partial charge in [0.05, 0.1) is 12.1 Å². The zero-order valence-electron chi connectivity index (χ0n) is 13.7. The average molecular weight is 298 g/mol. The number of aliphatic hydroxyl groups is 1. The van der Waals surface area contributed by atoms with Gasteiger partial charge in [-0.05, 0) is 32.1 Å². The van der Waals surface area contributed by atoms with Gasteiger partial charge in [0.25, 0.3) is 0 Å². The van der Waals surface area contributed by atoms with Crippen LogP contribution in [-0.4, -0.2) is 43.3 Å². The van der Waals surface area contributed by atoms with Crippen molar-refractivity contribution in [3.05, 3.63) is 71.3 Å². The molecule has 2 atom stereocenters. The molecule has 0 saturated heterocycles. The fraction of sp³-hybridized carbons (Fsp3) is 0.368. The first-order chi connectivity index (χ1) is 10.6. The third-order valence-electron chi connectivity index (χ3n) is 3.68. The van der Waals surface area contributed by atoms with E-state index >= 15 is 0 Å². The summed E-state index contributed by atoms with van der Waals surface area (Å²) in [5.74, 6) is 0. The minimum Gasteiger partial charge on any atom is -0.390 e. The van der Waals surface area contributed by atoms with E-state index in [4.69, 9.17) is 0 Å². The molecule has 2 aromatic rings. The molecule has 0 heterocycles. The van der Waals surface area contributed by atoms with E-state index in [0.29, 0.717) is 13.1 Å². The van der Waals surface area contributed by atoms with Crippen LogP contribution in [0.1, 0.15) is 22.7 Å². The van der Waals surface area contributed by atoms with Crippen LogP contribution in [0.2, 0.25) is 0 Å². The van der Waals surface area contributed by atoms with Crippen LogP contribution < -0.4 is 5.32 Å². The molecule has 0 bridgehead atoms. The molecule has 0 aliphatic carbocycles. The third kappa shape index (κ3) is 4.95. The second-order valence-electron chi connectivity index (χ2n) is 6.08. The van der Waals surface area contributed by atoms with Gasteiger partial charge in [-0.15, -0.1) is 0 Å². The highest BCUT2D eigenvalue weighted by molar-refractivity contribution is 5.33. The van der Waals surface area contributed by atoms with Crippen LogP contribution in [0.15, 0.2) is 54.6 Å². The highest BCUT2D eigenvalue weighted by atomic mass is 16.3. The summed E-state index contributed by atoms with van der Waals surface area (Å²) in [6.45, 7) is 3.31. The molecule has 2 N–H and O–H groups in total. The van der Waals surface area contributed by atoms with Crippen LogP contribution in [0.4, 0.5) is 0 Å². The first kappa shape index (κ1) is 16.7. The lowest BCUT2D eigenvalue weighted by molar-refractivity contribution is 0.133. The van der Waals surface area contributed by atoms with Crippen LogP contribution in [0.3, 0.4) is 0 Å². The van der Waals surface area contributed by atoms with E-state index in [1.54, 1.807) is 0 Å². The Morgan fingerprint density at radius 3 is 2.14 bits per heavy atom. The molecule has 2 unspecified atom stereocenters. The van der Waals surface area contributed by atoms with Crippen molar-refractivity contribution in [2.24, 2.45) is 0 Å². The molecule has 22 heavy (non-hydrogen) atoms. The number of hydrogen-bond acceptors (Lipinski definition) is 3. The third-order valence-corrected chi connectivity index (χ3v) is 3.68. The normalized spacial score (nSPS) is 14.0. The van der Waals surface area contributed by atoms with Crippen molar-refractivity contribution in [1.29, 1.82) is 0 Å². The van der Waals surface area contributed by atoms with Crippen molar-refractivity contribution in [3.8, 4) is 0 Å². The average Bonchev–Trinajstić information content (AvgIpc) is 2.49. The number of aryl methyl sites for hydroxylation is 1. The van der Waals surface area contributed by atoms with Gasteiger partial charge in [0, 0.05) is 13.1 Å². The van der Waals surface area contributed by atoms with Gasteiger partial charge in [-0.25, -0.2) is 0 Å². The SMILES string of the molecule is Cc1ccc(C(NCC(O)CN(C)C)c2ccccc2)cc1. The Bertz CT molecular complexity index is 551. The number of likely N-dealkylation sites (N-methyl/N-ethyl adjacent to an activating group) is 1. The Labute approximate surface area is 133 Å². The van der Waals surface area contributed by atoms with Crippen LogP contribution in [-0.2, 0) is 0 Å². The maximum atomic E-state index is 10.1. The predicted molar refractivity (Wildman–Crippen MR) is 92.0 cm³/mol. The first-order valence-corrected chi connectivity index (χ1v) is 7.74. The van der Waals surface area contributed by atoms with Gasteiger partial charge in [0.1, 0.15) is 0 Å². The molecule has 0 amide bonds. The summed E-state index contributed by atoms with van der Waals surface area (Å²) in [5, 5.41) is 13.6. The lowest BCUT2D eigenvalue weighted by Gasteiger charge is -2.23. The van der Waals surface area contributed by atoms with Gasteiger partial charge < -0.3 is 15.3 Å². The summed E-state index contributed by atoms with van der Waals surface area (Å²) < 4.78 is 0. The Balaban J connectivity index is 2.14. The molecule has 118 valence electrons. The smallest absolute Gasteiger partial charge is 0.0791 e. The molecule has 0 fully saturated rings. The largest absolute Gasteiger partial charge is 0.390 e. The first-order valence-electron chi connectivity index (χ1n) is 7.74. The molecule has 3 heteroatoms. The second-order valence-corrected chi connectivity index (χ2v) is 6.08. The van der Waals surface area contributed by atoms with E-state index in [0.717, 1.165) is 0 Å². The number of hydrogen-bond donors (Lipinski definition) is 2. The van der Waals surface area contributed by atoms with Crippen molar-refractivity contribution in [2.45, 2.75) is 19.1 Å². The Hall–Kier alpha value is -1.68. The fourth-order valence-corrected chi connectivity index (χ4v) is 2.57. The summed E-state index contributed by atoms with van der Waals surface area (Å²) in [4.78, 5) is 2.00. The maximum absolute atomic E-state index is 10.1. The number of rotatable bonds is 7. The number of nitrogens with one attached hydrogen (secondary N) is 1. The van der Waals surface area contributed by atoms with Gasteiger partial charge in [-0.3, -0.25) is 0 Å². The molecule has 2 rings (SSSR count). The number of nitrogens with zero attached hydrogens (tertiary/aromatic N) is 1. The predicted octanol–water partition coefficient (Wildman–Crippen LogP) is 2.60. The molecular weight excluding hydrogens is 272 g/mol. The molecule has 0 saturated carbocycles. The Morgan fingerprint density at radius 2 is 1.55 bits per heavy atom. The summed E-state index contributed by atoms with van der Waals surface area (Å²) in [6, 6.07) is 19.0. The molecule has 0 radical (unpaired) electrons. The van der Waals surface area contributed by atoms with Crippen molar-refractivity contribution >= 4 is 0 Å². The van der Waals surface area contributed by atoms with Gasteiger partial charge in [-0.2, -0.15) is 0 Å². The summed E-state index contributed by atoms with van der Waals surface area (Å²) in [7, 11) is 3.94. The summed E-state index contributed by atoms with van der Waals surface area (Å²) in [5.41, 5.74) is 3.68. The van der Waals surface area contributed by atoms with Crippen LogP contribution in [0.25, 0.3) is 0 Å². The zero-order valence-corrected chi connectivity index (χ0v) is 13.7. The number of aliphatic hydroxyl groups excluding tert-OH is 1. The van der Waals surface area contributed by atoms with Gasteiger partial charge in [0.2, 0.25) is 0 Å². The molecule has 0 spiro atoms. The van der Waals surface area contributed by atoms with E-state index in [1.807, 2.05) is 25.1 Å². The van der Waals surface area contributed by atoms with Crippen LogP contribution >= 0.6 is 0 Å². The van der Waals surface area contributed by atoms with Gasteiger partial charge >= 0.3 is 0 Å². The molecule has 0 aliphatic rings. The van der Waals surface area contributed by atoms with Crippen LogP contribution in [0.5, 0.6) is 0 Å². The zero-order chi connectivity index (χ0) is 15.9. The molecule has 3 nitrogen and oxygen atoms in total. The summed E-state index contributed by atoms with van der Waals surface area (Å²) in [6.07, 6.45) is -0.383. The van der Waals surface area contributed by atoms with E-state index in [9.17, 15) is 5.11 Å². The lowest BCUT2D eigenvalue weighted by atomic mass is 9.97. The van der Waals surface area contributed by atoms with Crippen molar-refractivity contribution in [2.75, 3.05) is 27.2 Å². The second kappa shape index (κ2) is 8.08. The maximum Gasteiger partial charge on any atom is 0.0791 e. The quantitative estimate of drug-likeness (QED) is 0.825. The lowest BCUT2D eigenvalue weighted by Crippen LogP contribution is -2.37. The van der Waals surface area contributed by atoms with Gasteiger partial charge in [-0.1, -0.05) is 60.2 Å². The van der Waals surface area contributed by atoms with Gasteiger partial charge in [0.15, 0.2) is 0 Å². The van der Waals surface area contributed by atoms with E-state index in [1.165, 1.54) is 16.7 Å². The van der Waals surface area contributed by atoms with Crippen molar-refractivity contribution in [3.63, 3.8) is 0 Å². The molecular formula is C19H26N2O. The molecule has 2 aromatic carbocycles. The minimum absolute atomic E-state index is 0.0959. The van der Waals surface area contributed by atoms with Crippen molar-refractivity contribution in [1.82, 2.24) is 10.2 Å². The van der Waals surface area contributed by atoms with Crippen LogP contribution in [0, 0.1) is 6.92 Å². The monoisotopic (exact) mass is 298 g/mol. The Kier molecular flexibility index (Phi) is 6.13. The molecule has 0 aliphatic heterocycles. The van der Waals surface area contributed by atoms with E-state index < -0.39 is 0 Å². The number of benzene rings is 2. The van der Waals surface area contributed by atoms with Crippen molar-refractivity contribution < 1.29 is 5.11 Å². The highest BCUT2D eigenvalue weighted by Crippen LogP contribution is 2.22. The summed E-state index contributed by atoms with van der Waals surface area (Å²) >= 11 is 0. The fourth-order valence-electron chi connectivity index (χ4n) is 2.57. The standard InChI is InChI=1S/C19H26N2O/c1-15-9-11-17(12-10-15)19(16-7-5-4-6-8-16)20-13-18(22)14-21(2)3/h4-12,18-20,22H,13-14H2,1-3H3. The topological polar surface area (TPSA) is 35.5 Å².